The first-order valence-corrected chi connectivity index (χ1v) is 27.4. The van der Waals surface area contributed by atoms with Gasteiger partial charge in [0, 0.05) is 0 Å². The normalized spacial score (nSPS) is 10.3. The molecule has 0 bridgehead atoms. The van der Waals surface area contributed by atoms with E-state index < -0.39 is 0 Å². The third-order valence-electron chi connectivity index (χ3n) is 15.4. The molecule has 1 aromatic heterocycles. The Labute approximate surface area is 465 Å². The first-order valence-electron chi connectivity index (χ1n) is 27.4. The first-order chi connectivity index (χ1) is 36.5. The van der Waals surface area contributed by atoms with Gasteiger partial charge in [-0.2, -0.15) is 0 Å². The van der Waals surface area contributed by atoms with Crippen LogP contribution >= 0.6 is 0 Å². The van der Waals surface area contributed by atoms with Gasteiger partial charge in [0.1, 0.15) is 11.5 Å². The van der Waals surface area contributed by atoms with Crippen molar-refractivity contribution in [3.8, 4) is 0 Å². The second-order valence-electron chi connectivity index (χ2n) is 21.6. The number of rotatable bonds is 0. The van der Waals surface area contributed by atoms with Gasteiger partial charge in [0.2, 0.25) is 0 Å². The van der Waals surface area contributed by atoms with E-state index >= 15 is 0 Å². The molecule has 398 valence electrons. The van der Waals surface area contributed by atoms with Gasteiger partial charge in [0.15, 0.2) is 0 Å². The Morgan fingerprint density at radius 2 is 0.506 bits per heavy atom. The minimum absolute atomic E-state index is 0.984. The van der Waals surface area contributed by atoms with E-state index in [0.717, 1.165) is 11.5 Å². The van der Waals surface area contributed by atoms with Crippen molar-refractivity contribution in [2.45, 2.75) is 138 Å². The summed E-state index contributed by atoms with van der Waals surface area (Å²) in [5.41, 5.74) is 25.1. The van der Waals surface area contributed by atoms with Crippen molar-refractivity contribution >= 4 is 43.1 Å². The molecule has 0 unspecified atom stereocenters. The monoisotopic (exact) mass is 1020 g/mol. The molecule has 0 fully saturated rings. The standard InChI is InChI=1S/4C12H12.C12H18.C10H14.C6H8O/c1-9-3-5-12-8-10(2)4-6-11(12)7-9;1-9-5-3-8-12-10(2)6-4-7-11(9)12;1-9-7-10(2)12-6-4-3-5-11(12)8-9;1-9-7-8-10(2)12-6-4-3-5-11(9)12;1-7-8(2)10(4)12(6)11(5)9(7)3;1-7-5-9(3)10(4)6-8(7)2;1-5-3-4-6(2)7-5/h4*3-8H,1-2H3;1-6H3;5-6H,1-4H3;3-4H,1-2H3. The van der Waals surface area contributed by atoms with Crippen molar-refractivity contribution in [1.82, 2.24) is 0 Å². The lowest BCUT2D eigenvalue weighted by atomic mass is 9.90. The van der Waals surface area contributed by atoms with Crippen LogP contribution in [0.5, 0.6) is 0 Å². The highest BCUT2D eigenvalue weighted by Gasteiger charge is 2.08. The van der Waals surface area contributed by atoms with Crippen LogP contribution in [0.2, 0.25) is 0 Å². The minimum Gasteiger partial charge on any atom is -0.467 e. The maximum atomic E-state index is 5.08. The van der Waals surface area contributed by atoms with Crippen LogP contribution in [-0.4, -0.2) is 0 Å². The van der Waals surface area contributed by atoms with Crippen LogP contribution in [0.25, 0.3) is 43.1 Å². The molecule has 11 aromatic rings. The average Bonchev–Trinajstić information content (AvgIpc) is 3.80. The maximum absolute atomic E-state index is 5.08. The number of benzene rings is 10. The molecule has 0 saturated carbocycles. The summed E-state index contributed by atoms with van der Waals surface area (Å²) < 4.78 is 5.08. The molecule has 77 heavy (non-hydrogen) atoms. The van der Waals surface area contributed by atoms with E-state index in [1.54, 1.807) is 0 Å². The highest BCUT2D eigenvalue weighted by Crippen LogP contribution is 2.26. The van der Waals surface area contributed by atoms with E-state index in [9.17, 15) is 0 Å². The lowest BCUT2D eigenvalue weighted by Crippen LogP contribution is -1.98. The quantitative estimate of drug-likeness (QED) is 0.148. The van der Waals surface area contributed by atoms with Crippen molar-refractivity contribution in [2.75, 3.05) is 0 Å². The Morgan fingerprint density at radius 1 is 0.195 bits per heavy atom. The molecule has 0 N–H and O–H groups in total. The molecule has 0 aliphatic rings. The van der Waals surface area contributed by atoms with E-state index in [1.807, 2.05) is 26.0 Å². The van der Waals surface area contributed by atoms with Gasteiger partial charge in [-0.15, -0.1) is 0 Å². The highest BCUT2D eigenvalue weighted by molar-refractivity contribution is 5.89. The van der Waals surface area contributed by atoms with E-state index in [4.69, 9.17) is 4.42 Å². The van der Waals surface area contributed by atoms with Crippen molar-refractivity contribution in [2.24, 2.45) is 0 Å². The van der Waals surface area contributed by atoms with E-state index in [-0.39, 0.29) is 0 Å². The number of furan rings is 1. The van der Waals surface area contributed by atoms with Crippen LogP contribution in [0.1, 0.15) is 112 Å². The summed E-state index contributed by atoms with van der Waals surface area (Å²) in [6, 6.07) is 60.2. The summed E-state index contributed by atoms with van der Waals surface area (Å²) in [6.07, 6.45) is 0. The Bertz CT molecular complexity index is 3410. The third-order valence-corrected chi connectivity index (χ3v) is 15.4. The second-order valence-corrected chi connectivity index (χ2v) is 21.6. The van der Waals surface area contributed by atoms with Gasteiger partial charge in [-0.25, -0.2) is 0 Å². The number of aryl methyl sites for hydroxylation is 14. The molecule has 1 heteroatoms. The van der Waals surface area contributed by atoms with Gasteiger partial charge >= 0.3 is 0 Å². The Balaban J connectivity index is 0.000000167. The van der Waals surface area contributed by atoms with Crippen molar-refractivity contribution in [3.05, 3.63) is 282 Å². The van der Waals surface area contributed by atoms with Crippen LogP contribution in [-0.2, 0) is 0 Å². The summed E-state index contributed by atoms with van der Waals surface area (Å²) in [6.45, 7) is 42.9. The third kappa shape index (κ3) is 16.8. The number of hydrogen-bond acceptors (Lipinski definition) is 1. The predicted molar refractivity (Wildman–Crippen MR) is 342 cm³/mol. The molecule has 0 aliphatic heterocycles. The van der Waals surface area contributed by atoms with Gasteiger partial charge in [-0.05, 0) is 277 Å². The molecular formula is C76H88O. The molecular weight excluding hydrogens is 929 g/mol. The molecule has 11 rings (SSSR count). The Morgan fingerprint density at radius 3 is 0.857 bits per heavy atom. The van der Waals surface area contributed by atoms with E-state index in [2.05, 4.69) is 282 Å². The molecule has 1 nitrogen and oxygen atoms in total. The topological polar surface area (TPSA) is 13.1 Å². The van der Waals surface area contributed by atoms with Crippen molar-refractivity contribution in [1.29, 1.82) is 0 Å². The zero-order valence-electron chi connectivity index (χ0n) is 50.6. The molecule has 0 aliphatic carbocycles. The summed E-state index contributed by atoms with van der Waals surface area (Å²) in [4.78, 5) is 0. The van der Waals surface area contributed by atoms with E-state index in [0.29, 0.717) is 0 Å². The molecule has 1 heterocycles. The zero-order valence-corrected chi connectivity index (χ0v) is 50.6. The average molecular weight is 1020 g/mol. The smallest absolute Gasteiger partial charge is 0.101 e. The fraction of sp³-hybridized carbons (Fsp3) is 0.263. The van der Waals surface area contributed by atoms with Crippen LogP contribution in [0.15, 0.2) is 174 Å². The lowest BCUT2D eigenvalue weighted by molar-refractivity contribution is 0.504. The molecule has 0 saturated heterocycles. The van der Waals surface area contributed by atoms with Gasteiger partial charge in [-0.1, -0.05) is 174 Å². The molecule has 0 radical (unpaired) electrons. The fourth-order valence-electron chi connectivity index (χ4n) is 9.75. The largest absolute Gasteiger partial charge is 0.467 e. The van der Waals surface area contributed by atoms with Gasteiger partial charge in [0.25, 0.3) is 0 Å². The fourth-order valence-corrected chi connectivity index (χ4v) is 9.75. The van der Waals surface area contributed by atoms with Crippen molar-refractivity contribution in [3.63, 3.8) is 0 Å². The van der Waals surface area contributed by atoms with Gasteiger partial charge in [-0.3, -0.25) is 0 Å². The van der Waals surface area contributed by atoms with E-state index in [1.165, 1.54) is 143 Å². The Hall–Kier alpha value is -7.48. The second kappa shape index (κ2) is 28.1. The predicted octanol–water partition coefficient (Wildman–Crippen LogP) is 22.2. The molecule has 0 atom stereocenters. The summed E-state index contributed by atoms with van der Waals surface area (Å²) in [5.74, 6) is 1.97. The first kappa shape index (κ1) is 60.4. The molecule has 0 spiro atoms. The van der Waals surface area contributed by atoms with Gasteiger partial charge < -0.3 is 4.42 Å². The zero-order chi connectivity index (χ0) is 56.7. The number of hydrogen-bond donors (Lipinski definition) is 0. The van der Waals surface area contributed by atoms with Crippen LogP contribution in [0, 0.1) is 138 Å². The molecule has 0 amide bonds. The number of fused-ring (bicyclic) bond motifs is 4. The van der Waals surface area contributed by atoms with Crippen LogP contribution in [0.4, 0.5) is 0 Å². The SMILES string of the molecule is Cc1c(C)c(C)c(C)c(C)c1C.Cc1cc(C)c(C)cc1C.Cc1cc(C)c2ccccc2c1.Cc1ccc(C)c2ccccc12.Cc1ccc(C)o1.Cc1ccc2cc(C)ccc2c1.Cc1cccc2c(C)cccc12. The summed E-state index contributed by atoms with van der Waals surface area (Å²) >= 11 is 0. The highest BCUT2D eigenvalue weighted by atomic mass is 16.3. The molecule has 10 aromatic carbocycles. The Kier molecular flexibility index (Phi) is 22.0. The van der Waals surface area contributed by atoms with Crippen LogP contribution in [0.3, 0.4) is 0 Å². The lowest BCUT2D eigenvalue weighted by Gasteiger charge is -2.15. The summed E-state index contributed by atoms with van der Waals surface area (Å²) in [5, 5.41) is 10.9. The van der Waals surface area contributed by atoms with Crippen molar-refractivity contribution < 1.29 is 4.42 Å². The maximum Gasteiger partial charge on any atom is 0.101 e. The minimum atomic E-state index is 0.984. The summed E-state index contributed by atoms with van der Waals surface area (Å²) in [7, 11) is 0. The van der Waals surface area contributed by atoms with Crippen LogP contribution < -0.4 is 0 Å². The van der Waals surface area contributed by atoms with Gasteiger partial charge in [0.05, 0.1) is 0 Å².